The summed E-state index contributed by atoms with van der Waals surface area (Å²) in [5, 5.41) is 0.240. The molecule has 0 N–H and O–H groups in total. The Morgan fingerprint density at radius 2 is 2.25 bits per heavy atom. The molecule has 2 rings (SSSR count). The van der Waals surface area contributed by atoms with E-state index < -0.39 is 0 Å². The standard InChI is InChI=1S/C13H16ClN3O3/c1-2-20-13(19)9-4-3-5-17(8-9)12(18)10-6-16-11(14)7-15-10/h6-7,9H,2-5,8H2,1H3/t9-/m0/s1. The van der Waals surface area contributed by atoms with Crippen LogP contribution in [0.5, 0.6) is 0 Å². The van der Waals surface area contributed by atoms with Crippen LogP contribution in [-0.4, -0.2) is 46.4 Å². The molecule has 0 spiro atoms. The quantitative estimate of drug-likeness (QED) is 0.791. The van der Waals surface area contributed by atoms with Gasteiger partial charge in [0.15, 0.2) is 0 Å². The van der Waals surface area contributed by atoms with E-state index in [4.69, 9.17) is 16.3 Å². The van der Waals surface area contributed by atoms with Gasteiger partial charge in [0.1, 0.15) is 10.8 Å². The molecule has 1 fully saturated rings. The summed E-state index contributed by atoms with van der Waals surface area (Å²) in [5.74, 6) is -0.733. The molecule has 0 unspecified atom stereocenters. The van der Waals surface area contributed by atoms with Crippen molar-refractivity contribution in [3.63, 3.8) is 0 Å². The van der Waals surface area contributed by atoms with Crippen molar-refractivity contribution in [2.24, 2.45) is 5.92 Å². The molecule has 1 aromatic heterocycles. The van der Waals surface area contributed by atoms with Crippen LogP contribution < -0.4 is 0 Å². The first-order chi connectivity index (χ1) is 9.61. The van der Waals surface area contributed by atoms with E-state index in [1.165, 1.54) is 12.4 Å². The second-order valence-electron chi connectivity index (χ2n) is 4.57. The van der Waals surface area contributed by atoms with Gasteiger partial charge in [-0.3, -0.25) is 9.59 Å². The molecular weight excluding hydrogens is 282 g/mol. The first-order valence-corrected chi connectivity index (χ1v) is 6.93. The van der Waals surface area contributed by atoms with Gasteiger partial charge in [0.25, 0.3) is 5.91 Å². The number of amides is 1. The van der Waals surface area contributed by atoms with Gasteiger partial charge in [0, 0.05) is 13.1 Å². The fourth-order valence-electron chi connectivity index (χ4n) is 2.20. The molecule has 0 bridgehead atoms. The van der Waals surface area contributed by atoms with Gasteiger partial charge >= 0.3 is 5.97 Å². The number of piperidine rings is 1. The third-order valence-corrected chi connectivity index (χ3v) is 3.36. The summed E-state index contributed by atoms with van der Waals surface area (Å²) in [6.45, 7) is 3.10. The summed E-state index contributed by atoms with van der Waals surface area (Å²) in [5.41, 5.74) is 0.235. The van der Waals surface area contributed by atoms with Gasteiger partial charge in [-0.05, 0) is 19.8 Å². The number of halogens is 1. The first kappa shape index (κ1) is 14.7. The number of aromatic nitrogens is 2. The van der Waals surface area contributed by atoms with Crippen molar-refractivity contribution in [1.82, 2.24) is 14.9 Å². The van der Waals surface area contributed by atoms with E-state index >= 15 is 0 Å². The molecule has 1 aromatic rings. The average Bonchev–Trinajstić information content (AvgIpc) is 2.48. The Bertz CT molecular complexity index is 492. The van der Waals surface area contributed by atoms with Crippen molar-refractivity contribution in [2.45, 2.75) is 19.8 Å². The maximum atomic E-state index is 12.3. The predicted molar refractivity (Wildman–Crippen MR) is 72.3 cm³/mol. The number of rotatable bonds is 3. The van der Waals surface area contributed by atoms with Crippen molar-refractivity contribution in [3.05, 3.63) is 23.2 Å². The molecule has 1 saturated heterocycles. The van der Waals surface area contributed by atoms with E-state index in [1.54, 1.807) is 11.8 Å². The molecule has 20 heavy (non-hydrogen) atoms. The summed E-state index contributed by atoms with van der Waals surface area (Å²) in [6, 6.07) is 0. The Morgan fingerprint density at radius 3 is 2.90 bits per heavy atom. The SMILES string of the molecule is CCOC(=O)[C@H]1CCCN(C(=O)c2cnc(Cl)cn2)C1. The Hall–Kier alpha value is -1.69. The summed E-state index contributed by atoms with van der Waals surface area (Å²) in [4.78, 5) is 33.4. The molecule has 1 atom stereocenters. The molecule has 6 nitrogen and oxygen atoms in total. The van der Waals surface area contributed by atoms with Crippen LogP contribution in [0.1, 0.15) is 30.3 Å². The minimum absolute atomic E-state index is 0.233. The van der Waals surface area contributed by atoms with Gasteiger partial charge < -0.3 is 9.64 Å². The second-order valence-corrected chi connectivity index (χ2v) is 4.95. The Balaban J connectivity index is 2.03. The third-order valence-electron chi connectivity index (χ3n) is 3.17. The van der Waals surface area contributed by atoms with Gasteiger partial charge in [-0.1, -0.05) is 11.6 Å². The lowest BCUT2D eigenvalue weighted by Gasteiger charge is -2.31. The van der Waals surface area contributed by atoms with Gasteiger partial charge in [0.2, 0.25) is 0 Å². The maximum Gasteiger partial charge on any atom is 0.310 e. The molecule has 0 radical (unpaired) electrons. The number of hydrogen-bond donors (Lipinski definition) is 0. The largest absolute Gasteiger partial charge is 0.466 e. The van der Waals surface area contributed by atoms with Crippen LogP contribution in [0.4, 0.5) is 0 Å². The minimum atomic E-state index is -0.257. The number of hydrogen-bond acceptors (Lipinski definition) is 5. The Kier molecular flexibility index (Phi) is 4.89. The van der Waals surface area contributed by atoms with Crippen molar-refractivity contribution >= 4 is 23.5 Å². The van der Waals surface area contributed by atoms with Crippen LogP contribution in [0.3, 0.4) is 0 Å². The number of ether oxygens (including phenoxy) is 1. The molecule has 108 valence electrons. The monoisotopic (exact) mass is 297 g/mol. The zero-order valence-corrected chi connectivity index (χ0v) is 12.0. The highest BCUT2D eigenvalue weighted by Gasteiger charge is 2.30. The normalized spacial score (nSPS) is 18.7. The van der Waals surface area contributed by atoms with E-state index in [9.17, 15) is 9.59 Å². The summed E-state index contributed by atoms with van der Waals surface area (Å²) >= 11 is 5.64. The molecule has 0 aromatic carbocycles. The lowest BCUT2D eigenvalue weighted by Crippen LogP contribution is -2.43. The van der Waals surface area contributed by atoms with Crippen LogP contribution in [0.25, 0.3) is 0 Å². The molecule has 2 heterocycles. The average molecular weight is 298 g/mol. The molecule has 1 aliphatic heterocycles. The summed E-state index contributed by atoms with van der Waals surface area (Å²) < 4.78 is 5.01. The third kappa shape index (κ3) is 3.45. The molecule has 1 amide bonds. The highest BCUT2D eigenvalue weighted by Crippen LogP contribution is 2.19. The van der Waals surface area contributed by atoms with Gasteiger partial charge in [-0.2, -0.15) is 0 Å². The number of likely N-dealkylation sites (tertiary alicyclic amines) is 1. The van der Waals surface area contributed by atoms with Crippen LogP contribution in [0.2, 0.25) is 5.15 Å². The lowest BCUT2D eigenvalue weighted by atomic mass is 9.98. The summed E-state index contributed by atoms with van der Waals surface area (Å²) in [7, 11) is 0. The Morgan fingerprint density at radius 1 is 1.45 bits per heavy atom. The zero-order chi connectivity index (χ0) is 14.5. The predicted octanol–water partition coefficient (Wildman–Crippen LogP) is 1.55. The van der Waals surface area contributed by atoms with Crippen LogP contribution in [0.15, 0.2) is 12.4 Å². The molecular formula is C13H16ClN3O3. The number of carbonyl (C=O) groups is 2. The van der Waals surface area contributed by atoms with E-state index in [1.807, 2.05) is 0 Å². The van der Waals surface area contributed by atoms with E-state index in [0.29, 0.717) is 19.7 Å². The van der Waals surface area contributed by atoms with Crippen molar-refractivity contribution in [3.8, 4) is 0 Å². The highest BCUT2D eigenvalue weighted by atomic mass is 35.5. The van der Waals surface area contributed by atoms with E-state index in [0.717, 1.165) is 12.8 Å². The molecule has 7 heteroatoms. The van der Waals surface area contributed by atoms with Gasteiger partial charge in [-0.25, -0.2) is 9.97 Å². The first-order valence-electron chi connectivity index (χ1n) is 6.55. The van der Waals surface area contributed by atoms with Crippen LogP contribution in [0, 0.1) is 5.92 Å². The lowest BCUT2D eigenvalue weighted by molar-refractivity contribution is -0.149. The fourth-order valence-corrected chi connectivity index (χ4v) is 2.30. The number of carbonyl (C=O) groups excluding carboxylic acids is 2. The van der Waals surface area contributed by atoms with Crippen molar-refractivity contribution in [1.29, 1.82) is 0 Å². The van der Waals surface area contributed by atoms with E-state index in [2.05, 4.69) is 9.97 Å². The van der Waals surface area contributed by atoms with Crippen LogP contribution >= 0.6 is 11.6 Å². The smallest absolute Gasteiger partial charge is 0.310 e. The highest BCUT2D eigenvalue weighted by molar-refractivity contribution is 6.29. The summed E-state index contributed by atoms with van der Waals surface area (Å²) in [6.07, 6.45) is 4.20. The zero-order valence-electron chi connectivity index (χ0n) is 11.2. The van der Waals surface area contributed by atoms with Crippen LogP contribution in [-0.2, 0) is 9.53 Å². The fraction of sp³-hybridized carbons (Fsp3) is 0.538. The van der Waals surface area contributed by atoms with E-state index in [-0.39, 0.29) is 28.6 Å². The number of nitrogens with zero attached hydrogens (tertiary/aromatic N) is 3. The number of esters is 1. The van der Waals surface area contributed by atoms with Crippen molar-refractivity contribution in [2.75, 3.05) is 19.7 Å². The van der Waals surface area contributed by atoms with Crippen molar-refractivity contribution < 1.29 is 14.3 Å². The molecule has 1 aliphatic rings. The second kappa shape index (κ2) is 6.65. The molecule has 0 saturated carbocycles. The molecule has 0 aliphatic carbocycles. The topological polar surface area (TPSA) is 72.4 Å². The Labute approximate surface area is 122 Å². The minimum Gasteiger partial charge on any atom is -0.466 e. The maximum absolute atomic E-state index is 12.3. The van der Waals surface area contributed by atoms with Gasteiger partial charge in [0.05, 0.1) is 24.9 Å². The van der Waals surface area contributed by atoms with Gasteiger partial charge in [-0.15, -0.1) is 0 Å².